The van der Waals surface area contributed by atoms with Crippen LogP contribution in [0.25, 0.3) is 22.7 Å². The van der Waals surface area contributed by atoms with E-state index in [1.165, 1.54) is 6.08 Å². The number of aryl methyl sites for hydroxylation is 2. The number of ether oxygens (including phenoxy) is 1. The van der Waals surface area contributed by atoms with Crippen LogP contribution in [0.1, 0.15) is 28.3 Å². The first-order chi connectivity index (χ1) is 14.5. The van der Waals surface area contributed by atoms with Gasteiger partial charge >= 0.3 is 5.97 Å². The van der Waals surface area contributed by atoms with Gasteiger partial charge in [0.25, 0.3) is 5.89 Å². The van der Waals surface area contributed by atoms with Gasteiger partial charge in [-0.05, 0) is 50.6 Å². The molecule has 0 amide bonds. The van der Waals surface area contributed by atoms with Crippen molar-refractivity contribution in [2.24, 2.45) is 0 Å². The molecule has 0 bridgehead atoms. The Morgan fingerprint density at radius 1 is 1.23 bits per heavy atom. The first kappa shape index (κ1) is 19.8. The average Bonchev–Trinajstić information content (AvgIpc) is 3.47. The summed E-state index contributed by atoms with van der Waals surface area (Å²) in [7, 11) is 0. The van der Waals surface area contributed by atoms with Gasteiger partial charge in [-0.25, -0.2) is 9.78 Å². The molecule has 0 aliphatic carbocycles. The van der Waals surface area contributed by atoms with E-state index in [2.05, 4.69) is 19.7 Å². The lowest BCUT2D eigenvalue weighted by molar-refractivity contribution is -0.139. The molecule has 4 rings (SSSR count). The number of carbonyl (C=O) groups excluding carboxylic acids is 1. The van der Waals surface area contributed by atoms with Gasteiger partial charge in [0.05, 0.1) is 0 Å². The van der Waals surface area contributed by atoms with Crippen molar-refractivity contribution in [2.45, 2.75) is 27.4 Å². The van der Waals surface area contributed by atoms with Gasteiger partial charge in [0, 0.05) is 34.6 Å². The summed E-state index contributed by atoms with van der Waals surface area (Å²) in [5.41, 5.74) is 4.95. The van der Waals surface area contributed by atoms with Crippen LogP contribution in [0.2, 0.25) is 0 Å². The van der Waals surface area contributed by atoms with Crippen LogP contribution >= 0.6 is 11.3 Å². The fourth-order valence-corrected chi connectivity index (χ4v) is 3.80. The van der Waals surface area contributed by atoms with E-state index in [1.807, 2.05) is 56.5 Å². The van der Waals surface area contributed by atoms with E-state index in [1.54, 1.807) is 23.6 Å². The van der Waals surface area contributed by atoms with Gasteiger partial charge in [-0.3, -0.25) is 4.57 Å². The maximum Gasteiger partial charge on any atom is 0.331 e. The molecule has 152 valence electrons. The lowest BCUT2D eigenvalue weighted by Gasteiger charge is -2.04. The van der Waals surface area contributed by atoms with E-state index < -0.39 is 5.97 Å². The zero-order chi connectivity index (χ0) is 21.1. The molecule has 30 heavy (non-hydrogen) atoms. The lowest BCUT2D eigenvalue weighted by Crippen LogP contribution is -2.02. The number of carbonyl (C=O) groups is 1. The van der Waals surface area contributed by atoms with Gasteiger partial charge in [0.1, 0.15) is 0 Å². The summed E-state index contributed by atoms with van der Waals surface area (Å²) in [5, 5.41) is 6.70. The van der Waals surface area contributed by atoms with E-state index in [9.17, 15) is 4.79 Å². The Kier molecular flexibility index (Phi) is 5.58. The molecule has 0 N–H and O–H groups in total. The quantitative estimate of drug-likeness (QED) is 0.333. The minimum atomic E-state index is -0.476. The fourth-order valence-electron chi connectivity index (χ4n) is 3.04. The highest BCUT2D eigenvalue weighted by atomic mass is 32.1. The average molecular weight is 420 g/mol. The van der Waals surface area contributed by atoms with E-state index in [0.29, 0.717) is 11.7 Å². The summed E-state index contributed by atoms with van der Waals surface area (Å²) in [6.07, 6.45) is 4.91. The van der Waals surface area contributed by atoms with E-state index in [0.717, 1.165) is 33.2 Å². The van der Waals surface area contributed by atoms with Gasteiger partial charge < -0.3 is 9.26 Å². The number of thiazole rings is 1. The molecule has 0 radical (unpaired) electrons. The second-order valence-electron chi connectivity index (χ2n) is 6.80. The molecule has 4 aromatic rings. The highest BCUT2D eigenvalue weighted by molar-refractivity contribution is 7.12. The van der Waals surface area contributed by atoms with Gasteiger partial charge in [-0.1, -0.05) is 22.9 Å². The number of esters is 1. The molecule has 0 spiro atoms. The van der Waals surface area contributed by atoms with Gasteiger partial charge in [-0.2, -0.15) is 4.98 Å². The molecular formula is C22H20N4O3S. The third-order valence-corrected chi connectivity index (χ3v) is 5.35. The summed E-state index contributed by atoms with van der Waals surface area (Å²) in [4.78, 5) is 20.7. The van der Waals surface area contributed by atoms with Crippen molar-refractivity contribution in [3.8, 4) is 16.6 Å². The molecule has 0 saturated heterocycles. The molecule has 0 aliphatic rings. The smallest absolute Gasteiger partial charge is 0.331 e. The Morgan fingerprint density at radius 3 is 2.77 bits per heavy atom. The maximum atomic E-state index is 12.1. The normalized spacial score (nSPS) is 11.3. The lowest BCUT2D eigenvalue weighted by atomic mass is 10.1. The number of hydrogen-bond acceptors (Lipinski definition) is 7. The van der Waals surface area contributed by atoms with Crippen LogP contribution in [-0.2, 0) is 16.1 Å². The van der Waals surface area contributed by atoms with Crippen LogP contribution < -0.4 is 0 Å². The monoisotopic (exact) mass is 420 g/mol. The van der Waals surface area contributed by atoms with Crippen LogP contribution in [0.3, 0.4) is 0 Å². The van der Waals surface area contributed by atoms with Gasteiger partial charge in [0.15, 0.2) is 11.7 Å². The Labute approximate surface area is 177 Å². The molecular weight excluding hydrogens is 400 g/mol. The van der Waals surface area contributed by atoms with Gasteiger partial charge in [-0.15, -0.1) is 11.3 Å². The largest absolute Gasteiger partial charge is 0.454 e. The minimum absolute atomic E-state index is 0.0589. The number of aromatic nitrogens is 4. The molecule has 0 saturated carbocycles. The molecule has 0 fully saturated rings. The Morgan fingerprint density at radius 2 is 2.03 bits per heavy atom. The second-order valence-corrected chi connectivity index (χ2v) is 7.67. The second kappa shape index (κ2) is 8.46. The number of benzene rings is 1. The molecule has 7 nitrogen and oxygen atoms in total. The van der Waals surface area contributed by atoms with Crippen LogP contribution in [0.4, 0.5) is 0 Å². The van der Waals surface area contributed by atoms with Crippen molar-refractivity contribution in [2.75, 3.05) is 0 Å². The molecule has 0 atom stereocenters. The van der Waals surface area contributed by atoms with Crippen molar-refractivity contribution in [1.29, 1.82) is 0 Å². The van der Waals surface area contributed by atoms with Crippen LogP contribution in [-0.4, -0.2) is 25.7 Å². The van der Waals surface area contributed by atoms with Gasteiger partial charge in [0.2, 0.25) is 5.82 Å². The summed E-state index contributed by atoms with van der Waals surface area (Å²) >= 11 is 1.56. The fraction of sp³-hybridized carbons (Fsp3) is 0.182. The first-order valence-corrected chi connectivity index (χ1v) is 10.2. The molecule has 0 unspecified atom stereocenters. The number of hydrogen-bond donors (Lipinski definition) is 0. The molecule has 0 aliphatic heterocycles. The van der Waals surface area contributed by atoms with E-state index >= 15 is 0 Å². The predicted molar refractivity (Wildman–Crippen MR) is 114 cm³/mol. The molecule has 8 heteroatoms. The van der Waals surface area contributed by atoms with Crippen molar-refractivity contribution < 1.29 is 14.1 Å². The Bertz CT molecular complexity index is 1190. The highest BCUT2D eigenvalue weighted by Crippen LogP contribution is 2.23. The third kappa shape index (κ3) is 4.23. The highest BCUT2D eigenvalue weighted by Gasteiger charge is 2.12. The first-order valence-electron chi connectivity index (χ1n) is 9.34. The number of rotatable bonds is 6. The zero-order valence-corrected chi connectivity index (χ0v) is 17.6. The summed E-state index contributed by atoms with van der Waals surface area (Å²) < 4.78 is 12.5. The third-order valence-electron chi connectivity index (χ3n) is 4.59. The minimum Gasteiger partial charge on any atom is -0.454 e. The Hall–Kier alpha value is -3.52. The SMILES string of the molecule is Cc1ccc(-c2nc(COC(=O)/C=C/c3cc(C)n(-c4nccs4)c3C)no2)cc1. The van der Waals surface area contributed by atoms with E-state index in [4.69, 9.17) is 9.26 Å². The zero-order valence-electron chi connectivity index (χ0n) is 16.8. The van der Waals surface area contributed by atoms with E-state index in [-0.39, 0.29) is 6.61 Å². The predicted octanol–water partition coefficient (Wildman–Crippen LogP) is 4.67. The van der Waals surface area contributed by atoms with Crippen LogP contribution in [0.5, 0.6) is 0 Å². The summed E-state index contributed by atoms with van der Waals surface area (Å²) in [5.74, 6) is 0.233. The standard InChI is InChI=1S/C22H20N4O3S/c1-14-4-6-17(7-5-14)21-24-19(25-29-21)13-28-20(27)9-8-18-12-15(2)26(16(18)3)22-23-10-11-30-22/h4-12H,13H2,1-3H3/b9-8+. The molecule has 3 heterocycles. The van der Waals surface area contributed by atoms with Crippen LogP contribution in [0, 0.1) is 20.8 Å². The van der Waals surface area contributed by atoms with Crippen molar-refractivity contribution in [1.82, 2.24) is 19.7 Å². The molecule has 1 aromatic carbocycles. The summed E-state index contributed by atoms with van der Waals surface area (Å²) in [6, 6.07) is 9.76. The van der Waals surface area contributed by atoms with Crippen molar-refractivity contribution >= 4 is 23.4 Å². The van der Waals surface area contributed by atoms with Crippen molar-refractivity contribution in [3.63, 3.8) is 0 Å². The van der Waals surface area contributed by atoms with Crippen LogP contribution in [0.15, 0.2) is 52.5 Å². The maximum absolute atomic E-state index is 12.1. The number of nitrogens with zero attached hydrogens (tertiary/aromatic N) is 4. The topological polar surface area (TPSA) is 83.0 Å². The molecule has 3 aromatic heterocycles. The Balaban J connectivity index is 1.38. The summed E-state index contributed by atoms with van der Waals surface area (Å²) in [6.45, 7) is 5.95. The van der Waals surface area contributed by atoms with Crippen molar-refractivity contribution in [3.05, 3.63) is 76.3 Å².